The Morgan fingerprint density at radius 1 is 0.909 bits per heavy atom. The van der Waals surface area contributed by atoms with Crippen LogP contribution in [-0.2, 0) is 19.1 Å². The van der Waals surface area contributed by atoms with Gasteiger partial charge < -0.3 is 14.8 Å². The highest BCUT2D eigenvalue weighted by molar-refractivity contribution is 7.15. The van der Waals surface area contributed by atoms with Crippen molar-refractivity contribution in [2.45, 2.75) is 40.2 Å². The molecule has 14 heteroatoms. The van der Waals surface area contributed by atoms with Crippen LogP contribution in [0.25, 0.3) is 11.1 Å². The van der Waals surface area contributed by atoms with E-state index in [4.69, 9.17) is 55.9 Å². The fourth-order valence-corrected chi connectivity index (χ4v) is 6.59. The predicted molar refractivity (Wildman–Crippen MR) is 170 cm³/mol. The zero-order chi connectivity index (χ0) is 32.5. The van der Waals surface area contributed by atoms with Crippen molar-refractivity contribution < 1.29 is 33.4 Å². The lowest BCUT2D eigenvalue weighted by molar-refractivity contribution is -0.151. The van der Waals surface area contributed by atoms with Crippen molar-refractivity contribution in [2.24, 2.45) is 5.92 Å². The Kier molecular flexibility index (Phi) is 10.6. The first-order valence-electron chi connectivity index (χ1n) is 13.3. The van der Waals surface area contributed by atoms with E-state index in [0.29, 0.717) is 10.5 Å². The molecule has 0 bridgehead atoms. The van der Waals surface area contributed by atoms with Crippen LogP contribution in [-0.4, -0.2) is 53.8 Å². The fraction of sp³-hybridized carbons (Fsp3) is 0.300. The third kappa shape index (κ3) is 6.60. The average Bonchev–Trinajstić information content (AvgIpc) is 3.50. The molecule has 2 aromatic carbocycles. The molecule has 0 radical (unpaired) electrons. The number of rotatable bonds is 10. The number of anilines is 1. The van der Waals surface area contributed by atoms with Crippen LogP contribution in [0.3, 0.4) is 0 Å². The standard InChI is InChI=1S/C30H26Cl4N2O7S/c1-5-42-30(41)19-16(15-8-6-14(4)7-9-15)12-44-26(19)35-18(37)11-43-29(40)17(10-13(2)3)36-27(38)20-21(28(36)39)23(32)25(34)24(33)22(20)31/h6-9,12-13,17H,5,10-11H2,1-4H3,(H,35,37)/t17-/m0/s1. The summed E-state index contributed by atoms with van der Waals surface area (Å²) >= 11 is 25.8. The van der Waals surface area contributed by atoms with E-state index in [1.807, 2.05) is 31.2 Å². The number of nitrogens with zero attached hydrogens (tertiary/aromatic N) is 1. The van der Waals surface area contributed by atoms with Crippen LogP contribution in [0, 0.1) is 12.8 Å². The first-order valence-corrected chi connectivity index (χ1v) is 15.7. The van der Waals surface area contributed by atoms with Crippen molar-refractivity contribution in [3.8, 4) is 11.1 Å². The maximum absolute atomic E-state index is 13.4. The molecule has 0 aliphatic carbocycles. The molecule has 1 N–H and O–H groups in total. The van der Waals surface area contributed by atoms with Gasteiger partial charge in [-0.15, -0.1) is 11.3 Å². The van der Waals surface area contributed by atoms with E-state index in [1.165, 1.54) is 0 Å². The zero-order valence-corrected chi connectivity index (χ0v) is 27.7. The summed E-state index contributed by atoms with van der Waals surface area (Å²) in [6.07, 6.45) is 0.0143. The van der Waals surface area contributed by atoms with Gasteiger partial charge in [0.2, 0.25) is 0 Å². The average molecular weight is 700 g/mol. The maximum atomic E-state index is 13.4. The van der Waals surface area contributed by atoms with E-state index in [9.17, 15) is 24.0 Å². The van der Waals surface area contributed by atoms with Gasteiger partial charge in [0, 0.05) is 10.9 Å². The topological polar surface area (TPSA) is 119 Å². The number of amides is 3. The summed E-state index contributed by atoms with van der Waals surface area (Å²) in [5, 5.41) is 3.57. The van der Waals surface area contributed by atoms with E-state index < -0.39 is 42.3 Å². The second kappa shape index (κ2) is 13.9. The Hall–Kier alpha value is -3.15. The zero-order valence-electron chi connectivity index (χ0n) is 23.9. The summed E-state index contributed by atoms with van der Waals surface area (Å²) in [5.74, 6) is -4.37. The monoisotopic (exact) mass is 698 g/mol. The Morgan fingerprint density at radius 3 is 2.00 bits per heavy atom. The number of thiophene rings is 1. The number of carbonyl (C=O) groups is 5. The van der Waals surface area contributed by atoms with Gasteiger partial charge in [-0.2, -0.15) is 0 Å². The number of nitrogens with one attached hydrogen (secondary N) is 1. The first kappa shape index (κ1) is 33.7. The molecule has 1 aliphatic heterocycles. The number of esters is 2. The molecular formula is C30H26Cl4N2O7S. The first-order chi connectivity index (χ1) is 20.8. The van der Waals surface area contributed by atoms with Crippen LogP contribution >= 0.6 is 57.7 Å². The normalized spacial score (nSPS) is 13.2. The third-order valence-corrected chi connectivity index (χ3v) is 9.34. The van der Waals surface area contributed by atoms with Crippen molar-refractivity contribution in [3.05, 3.63) is 72.0 Å². The number of aryl methyl sites for hydroxylation is 1. The van der Waals surface area contributed by atoms with Gasteiger partial charge in [-0.05, 0) is 31.7 Å². The van der Waals surface area contributed by atoms with E-state index in [2.05, 4.69) is 5.32 Å². The molecule has 4 rings (SSSR count). The largest absolute Gasteiger partial charge is 0.462 e. The number of fused-ring (bicyclic) bond motifs is 1. The summed E-state index contributed by atoms with van der Waals surface area (Å²) in [7, 11) is 0. The van der Waals surface area contributed by atoms with Crippen LogP contribution in [0.15, 0.2) is 29.6 Å². The smallest absolute Gasteiger partial charge is 0.341 e. The Labute approximate surface area is 277 Å². The lowest BCUT2D eigenvalue weighted by Crippen LogP contribution is -2.47. The van der Waals surface area contributed by atoms with Crippen LogP contribution in [0.5, 0.6) is 0 Å². The minimum atomic E-state index is -1.41. The molecule has 0 unspecified atom stereocenters. The third-order valence-electron chi connectivity index (χ3n) is 6.64. The number of halogens is 4. The van der Waals surface area contributed by atoms with E-state index in [-0.39, 0.29) is 60.7 Å². The second-order valence-electron chi connectivity index (χ2n) is 10.2. The van der Waals surface area contributed by atoms with Crippen molar-refractivity contribution in [2.75, 3.05) is 18.5 Å². The van der Waals surface area contributed by atoms with Gasteiger partial charge in [0.1, 0.15) is 16.6 Å². The lowest BCUT2D eigenvalue weighted by Gasteiger charge is -2.25. The maximum Gasteiger partial charge on any atom is 0.341 e. The molecule has 9 nitrogen and oxygen atoms in total. The van der Waals surface area contributed by atoms with Crippen LogP contribution in [0.2, 0.25) is 20.1 Å². The number of carbonyl (C=O) groups excluding carboxylic acids is 5. The molecule has 3 amide bonds. The summed E-state index contributed by atoms with van der Waals surface area (Å²) in [4.78, 5) is 66.5. The second-order valence-corrected chi connectivity index (χ2v) is 12.6. The highest BCUT2D eigenvalue weighted by Gasteiger charge is 2.47. The van der Waals surface area contributed by atoms with E-state index >= 15 is 0 Å². The summed E-state index contributed by atoms with van der Waals surface area (Å²) < 4.78 is 10.5. The molecule has 3 aromatic rings. The number of benzene rings is 2. The van der Waals surface area contributed by atoms with Crippen molar-refractivity contribution >= 4 is 92.4 Å². The quantitative estimate of drug-likeness (QED) is 0.0997. The number of hydrogen-bond acceptors (Lipinski definition) is 8. The fourth-order valence-electron chi connectivity index (χ4n) is 4.60. The summed E-state index contributed by atoms with van der Waals surface area (Å²) in [5.41, 5.74) is 1.97. The minimum absolute atomic E-state index is 0.0143. The van der Waals surface area contributed by atoms with E-state index in [0.717, 1.165) is 22.5 Å². The Balaban J connectivity index is 1.54. The van der Waals surface area contributed by atoms with Gasteiger partial charge in [0.15, 0.2) is 6.61 Å². The highest BCUT2D eigenvalue weighted by atomic mass is 35.5. The van der Waals surface area contributed by atoms with Crippen molar-refractivity contribution in [1.29, 1.82) is 0 Å². The van der Waals surface area contributed by atoms with Gasteiger partial charge in [-0.25, -0.2) is 9.59 Å². The predicted octanol–water partition coefficient (Wildman–Crippen LogP) is 7.71. The van der Waals surface area contributed by atoms with Crippen molar-refractivity contribution in [3.63, 3.8) is 0 Å². The number of hydrogen-bond donors (Lipinski definition) is 1. The number of imide groups is 1. The highest BCUT2D eigenvalue weighted by Crippen LogP contribution is 2.45. The number of ether oxygens (including phenoxy) is 2. The molecule has 1 aliphatic rings. The molecule has 0 spiro atoms. The van der Waals surface area contributed by atoms with E-state index in [1.54, 1.807) is 26.2 Å². The van der Waals surface area contributed by atoms with Crippen LogP contribution < -0.4 is 5.32 Å². The molecule has 0 fully saturated rings. The molecule has 232 valence electrons. The SMILES string of the molecule is CCOC(=O)c1c(-c2ccc(C)cc2)csc1NC(=O)COC(=O)[C@H](CC(C)C)N1C(=O)c2c(Cl)c(Cl)c(Cl)c(Cl)c2C1=O. The van der Waals surface area contributed by atoms with Crippen molar-refractivity contribution in [1.82, 2.24) is 4.90 Å². The molecule has 1 atom stereocenters. The molecule has 1 aromatic heterocycles. The van der Waals surface area contributed by atoms with Gasteiger partial charge >= 0.3 is 11.9 Å². The van der Waals surface area contributed by atoms with Gasteiger partial charge in [-0.1, -0.05) is 90.1 Å². The van der Waals surface area contributed by atoms with Gasteiger partial charge in [0.05, 0.1) is 37.8 Å². The van der Waals surface area contributed by atoms with Gasteiger partial charge in [-0.3, -0.25) is 19.3 Å². The summed E-state index contributed by atoms with van der Waals surface area (Å²) in [6, 6.07) is 6.08. The lowest BCUT2D eigenvalue weighted by atomic mass is 10.0. The summed E-state index contributed by atoms with van der Waals surface area (Å²) in [6.45, 7) is 6.51. The molecule has 0 saturated heterocycles. The molecule has 0 saturated carbocycles. The molecule has 44 heavy (non-hydrogen) atoms. The van der Waals surface area contributed by atoms with Crippen LogP contribution in [0.4, 0.5) is 5.00 Å². The van der Waals surface area contributed by atoms with Crippen LogP contribution in [0.1, 0.15) is 63.8 Å². The Bertz CT molecular complexity index is 1620. The minimum Gasteiger partial charge on any atom is -0.462 e. The Morgan fingerprint density at radius 2 is 1.48 bits per heavy atom. The van der Waals surface area contributed by atoms with Gasteiger partial charge in [0.25, 0.3) is 17.7 Å². The molecule has 2 heterocycles. The molecular weight excluding hydrogens is 674 g/mol.